The van der Waals surface area contributed by atoms with Gasteiger partial charge >= 0.3 is 0 Å². The van der Waals surface area contributed by atoms with Crippen LogP contribution in [0.1, 0.15) is 44.7 Å². The van der Waals surface area contributed by atoms with Crippen LogP contribution in [0.25, 0.3) is 10.9 Å². The molecule has 4 rings (SSSR count). The lowest BCUT2D eigenvalue weighted by Gasteiger charge is -2.24. The molecule has 0 radical (unpaired) electrons. The number of hydrogen-bond acceptors (Lipinski definition) is 4. The van der Waals surface area contributed by atoms with Gasteiger partial charge in [-0.15, -0.1) is 11.3 Å². The predicted octanol–water partition coefficient (Wildman–Crippen LogP) is 3.35. The Hall–Kier alpha value is -3.11. The van der Waals surface area contributed by atoms with Crippen molar-refractivity contribution in [2.24, 2.45) is 5.73 Å². The van der Waals surface area contributed by atoms with Gasteiger partial charge in [-0.2, -0.15) is 5.26 Å². The maximum Gasteiger partial charge on any atom is 0.258 e. The summed E-state index contributed by atoms with van der Waals surface area (Å²) in [6.07, 6.45) is 1.80. The van der Waals surface area contributed by atoms with E-state index >= 15 is 0 Å². The van der Waals surface area contributed by atoms with Gasteiger partial charge in [-0.3, -0.25) is 9.59 Å². The second-order valence-corrected chi connectivity index (χ2v) is 8.10. The summed E-state index contributed by atoms with van der Waals surface area (Å²) in [6, 6.07) is 13.5. The summed E-state index contributed by atoms with van der Waals surface area (Å²) in [5, 5.41) is 10.4. The Morgan fingerprint density at radius 1 is 1.29 bits per heavy atom. The maximum atomic E-state index is 13.2. The van der Waals surface area contributed by atoms with Crippen LogP contribution in [-0.2, 0) is 11.3 Å². The summed E-state index contributed by atoms with van der Waals surface area (Å²) in [5.41, 5.74) is 7.69. The second kappa shape index (κ2) is 7.13. The molecule has 0 aliphatic carbocycles. The van der Waals surface area contributed by atoms with Crippen LogP contribution in [0.2, 0.25) is 0 Å². The fourth-order valence-corrected chi connectivity index (χ4v) is 5.04. The summed E-state index contributed by atoms with van der Waals surface area (Å²) in [6.45, 7) is 2.76. The van der Waals surface area contributed by atoms with Gasteiger partial charge in [-0.05, 0) is 38.0 Å². The van der Waals surface area contributed by atoms with Gasteiger partial charge in [0.1, 0.15) is 12.6 Å². The van der Waals surface area contributed by atoms with Crippen LogP contribution in [0.4, 0.5) is 0 Å². The molecule has 1 fully saturated rings. The zero-order chi connectivity index (χ0) is 19.8. The molecule has 2 aromatic heterocycles. The molecule has 0 bridgehead atoms. The lowest BCUT2D eigenvalue weighted by molar-refractivity contribution is -0.132. The van der Waals surface area contributed by atoms with Crippen molar-refractivity contribution in [3.05, 3.63) is 57.4 Å². The Balaban J connectivity index is 1.63. The van der Waals surface area contributed by atoms with Crippen molar-refractivity contribution in [3.63, 3.8) is 0 Å². The summed E-state index contributed by atoms with van der Waals surface area (Å²) in [5.74, 6) is -0.421. The van der Waals surface area contributed by atoms with Crippen LogP contribution < -0.4 is 5.73 Å². The number of likely N-dealkylation sites (tertiary alicyclic amines) is 1. The summed E-state index contributed by atoms with van der Waals surface area (Å²) in [7, 11) is 0. The highest BCUT2D eigenvalue weighted by Crippen LogP contribution is 2.36. The van der Waals surface area contributed by atoms with Crippen LogP contribution in [0, 0.1) is 18.3 Å². The normalized spacial score (nSPS) is 16.4. The first-order valence-corrected chi connectivity index (χ1v) is 10.00. The molecule has 3 aromatic rings. The molecule has 1 atom stereocenters. The van der Waals surface area contributed by atoms with E-state index in [1.807, 2.05) is 46.7 Å². The number of benzene rings is 1. The summed E-state index contributed by atoms with van der Waals surface area (Å²) in [4.78, 5) is 28.0. The van der Waals surface area contributed by atoms with Gasteiger partial charge in [-0.1, -0.05) is 18.2 Å². The Bertz CT molecular complexity index is 1120. The van der Waals surface area contributed by atoms with Crippen molar-refractivity contribution in [1.82, 2.24) is 9.47 Å². The van der Waals surface area contributed by atoms with Crippen LogP contribution in [0.5, 0.6) is 0 Å². The molecular formula is C21H20N4O2S. The molecule has 1 aromatic carbocycles. The minimum atomic E-state index is -0.439. The Labute approximate surface area is 166 Å². The van der Waals surface area contributed by atoms with Gasteiger partial charge in [0.15, 0.2) is 0 Å². The van der Waals surface area contributed by atoms with Gasteiger partial charge in [0.25, 0.3) is 5.91 Å². The number of nitriles is 1. The fourth-order valence-electron chi connectivity index (χ4n) is 4.03. The van der Waals surface area contributed by atoms with Gasteiger partial charge in [0, 0.05) is 22.5 Å². The third-order valence-corrected chi connectivity index (χ3v) is 6.61. The number of hydrogen-bond donors (Lipinski definition) is 1. The van der Waals surface area contributed by atoms with Crippen LogP contribution in [-0.4, -0.2) is 27.8 Å². The number of aromatic nitrogens is 1. The van der Waals surface area contributed by atoms with Gasteiger partial charge in [-0.25, -0.2) is 0 Å². The molecule has 3 heterocycles. The van der Waals surface area contributed by atoms with Gasteiger partial charge in [0.05, 0.1) is 22.0 Å². The number of primary amides is 1. The quantitative estimate of drug-likeness (QED) is 0.738. The van der Waals surface area contributed by atoms with Crippen molar-refractivity contribution in [3.8, 4) is 6.07 Å². The lowest BCUT2D eigenvalue weighted by Crippen LogP contribution is -2.33. The number of carbonyl (C=O) groups excluding carboxylic acids is 2. The molecule has 2 amide bonds. The first-order chi connectivity index (χ1) is 13.5. The molecule has 1 unspecified atom stereocenters. The molecule has 1 aliphatic heterocycles. The predicted molar refractivity (Wildman–Crippen MR) is 108 cm³/mol. The van der Waals surface area contributed by atoms with Crippen molar-refractivity contribution < 1.29 is 9.59 Å². The van der Waals surface area contributed by atoms with Crippen LogP contribution >= 0.6 is 11.3 Å². The molecule has 2 N–H and O–H groups in total. The van der Waals surface area contributed by atoms with E-state index in [0.29, 0.717) is 17.0 Å². The summed E-state index contributed by atoms with van der Waals surface area (Å²) < 4.78 is 1.93. The lowest BCUT2D eigenvalue weighted by atomic mass is 10.1. The highest BCUT2D eigenvalue weighted by atomic mass is 32.1. The van der Waals surface area contributed by atoms with Crippen molar-refractivity contribution in [2.75, 3.05) is 6.54 Å². The average Bonchev–Trinajstić information content (AvgIpc) is 3.40. The number of para-hydroxylation sites is 1. The second-order valence-electron chi connectivity index (χ2n) is 6.99. The number of fused-ring (bicyclic) bond motifs is 1. The van der Waals surface area contributed by atoms with Gasteiger partial charge in [0.2, 0.25) is 5.91 Å². The minimum absolute atomic E-state index is 0.0184. The largest absolute Gasteiger partial charge is 0.365 e. The highest BCUT2D eigenvalue weighted by molar-refractivity contribution is 7.14. The van der Waals surface area contributed by atoms with E-state index in [1.54, 1.807) is 6.07 Å². The number of amides is 2. The topological polar surface area (TPSA) is 92.1 Å². The Kier molecular flexibility index (Phi) is 4.65. The minimum Gasteiger partial charge on any atom is -0.365 e. The molecule has 28 heavy (non-hydrogen) atoms. The van der Waals surface area contributed by atoms with E-state index in [-0.39, 0.29) is 18.5 Å². The van der Waals surface area contributed by atoms with Crippen LogP contribution in [0.3, 0.4) is 0 Å². The number of nitrogens with zero attached hydrogens (tertiary/aromatic N) is 3. The fraction of sp³-hybridized carbons (Fsp3) is 0.286. The van der Waals surface area contributed by atoms with Crippen LogP contribution in [0.15, 0.2) is 36.4 Å². The highest BCUT2D eigenvalue weighted by Gasteiger charge is 2.31. The van der Waals surface area contributed by atoms with E-state index in [1.165, 1.54) is 11.3 Å². The smallest absolute Gasteiger partial charge is 0.258 e. The third kappa shape index (κ3) is 2.96. The molecule has 7 heteroatoms. The number of rotatable bonds is 4. The Morgan fingerprint density at radius 2 is 2.07 bits per heavy atom. The average molecular weight is 392 g/mol. The van der Waals surface area contributed by atoms with Crippen molar-refractivity contribution >= 4 is 34.1 Å². The van der Waals surface area contributed by atoms with E-state index in [2.05, 4.69) is 6.07 Å². The zero-order valence-electron chi connectivity index (χ0n) is 15.5. The summed E-state index contributed by atoms with van der Waals surface area (Å²) >= 11 is 1.36. The molecular weight excluding hydrogens is 372 g/mol. The molecule has 1 saturated heterocycles. The van der Waals surface area contributed by atoms with Crippen molar-refractivity contribution in [1.29, 1.82) is 5.26 Å². The van der Waals surface area contributed by atoms with E-state index in [0.717, 1.165) is 34.3 Å². The van der Waals surface area contributed by atoms with E-state index in [9.17, 15) is 14.9 Å². The number of nitrogens with two attached hydrogens (primary N) is 1. The first-order valence-electron chi connectivity index (χ1n) is 9.18. The first kappa shape index (κ1) is 18.3. The zero-order valence-corrected chi connectivity index (χ0v) is 16.3. The molecule has 142 valence electrons. The van der Waals surface area contributed by atoms with E-state index in [4.69, 9.17) is 5.73 Å². The monoisotopic (exact) mass is 392 g/mol. The standard InChI is InChI=1S/C21H20N4O2S/c1-13-15(11-22)14-5-2-3-6-16(14)25(13)12-20(26)24-10-4-7-17(24)18-8-9-19(28-18)21(23)27/h2-3,5-6,8-9,17H,4,7,10,12H2,1H3,(H2,23,27). The van der Waals surface area contributed by atoms with Crippen molar-refractivity contribution in [2.45, 2.75) is 32.4 Å². The van der Waals surface area contributed by atoms with Gasteiger partial charge < -0.3 is 15.2 Å². The molecule has 0 saturated carbocycles. The number of thiophene rings is 1. The SMILES string of the molecule is Cc1c(C#N)c2ccccc2n1CC(=O)N1CCCC1c1ccc(C(N)=O)s1. The third-order valence-electron chi connectivity index (χ3n) is 5.41. The number of carbonyl (C=O) groups is 2. The molecule has 6 nitrogen and oxygen atoms in total. The Morgan fingerprint density at radius 3 is 2.79 bits per heavy atom. The maximum absolute atomic E-state index is 13.2. The molecule has 0 spiro atoms. The van der Waals surface area contributed by atoms with E-state index < -0.39 is 5.91 Å². The molecule has 1 aliphatic rings.